The van der Waals surface area contributed by atoms with Crippen LogP contribution in [0, 0.1) is 0 Å². The molecule has 6 heteroatoms. The second-order valence-corrected chi connectivity index (χ2v) is 6.30. The van der Waals surface area contributed by atoms with Gasteiger partial charge in [0, 0.05) is 31.2 Å². The van der Waals surface area contributed by atoms with E-state index < -0.39 is 5.91 Å². The Hall–Kier alpha value is -3.93. The molecule has 2 aromatic carbocycles. The number of carbonyl (C=O) groups is 1. The maximum absolute atomic E-state index is 12.4. The molecule has 0 saturated carbocycles. The van der Waals surface area contributed by atoms with Gasteiger partial charge in [-0.2, -0.15) is 5.10 Å². The average molecular weight is 370 g/mol. The SMILES string of the molecule is O=C(NCc1cccc(-c2ccccc2)c1)c1c[nH]c(-n2cccn2)cc1=O. The molecule has 0 fully saturated rings. The highest BCUT2D eigenvalue weighted by atomic mass is 16.2. The van der Waals surface area contributed by atoms with Gasteiger partial charge in [-0.3, -0.25) is 9.59 Å². The van der Waals surface area contributed by atoms with E-state index in [1.807, 2.05) is 54.6 Å². The molecule has 2 N–H and O–H groups in total. The van der Waals surface area contributed by atoms with Gasteiger partial charge in [-0.25, -0.2) is 4.68 Å². The summed E-state index contributed by atoms with van der Waals surface area (Å²) in [5.74, 6) is 0.0838. The number of pyridine rings is 1. The van der Waals surface area contributed by atoms with Gasteiger partial charge in [-0.15, -0.1) is 0 Å². The Morgan fingerprint density at radius 2 is 1.82 bits per heavy atom. The Morgan fingerprint density at radius 1 is 1.00 bits per heavy atom. The molecule has 0 atom stereocenters. The van der Waals surface area contributed by atoms with Crippen molar-refractivity contribution in [2.45, 2.75) is 6.54 Å². The third kappa shape index (κ3) is 3.76. The Balaban J connectivity index is 1.47. The normalized spacial score (nSPS) is 10.6. The highest BCUT2D eigenvalue weighted by molar-refractivity contribution is 5.93. The van der Waals surface area contributed by atoms with E-state index in [0.29, 0.717) is 12.4 Å². The number of nitrogens with zero attached hydrogens (tertiary/aromatic N) is 2. The Kier molecular flexibility index (Phi) is 4.84. The van der Waals surface area contributed by atoms with E-state index in [4.69, 9.17) is 0 Å². The summed E-state index contributed by atoms with van der Waals surface area (Å²) in [6.07, 6.45) is 4.74. The number of aromatic nitrogens is 3. The van der Waals surface area contributed by atoms with Crippen molar-refractivity contribution in [2.24, 2.45) is 0 Å². The molecule has 2 aromatic heterocycles. The monoisotopic (exact) mass is 370 g/mol. The Morgan fingerprint density at radius 3 is 2.57 bits per heavy atom. The third-order valence-corrected chi connectivity index (χ3v) is 4.38. The molecule has 0 spiro atoms. The quantitative estimate of drug-likeness (QED) is 0.566. The summed E-state index contributed by atoms with van der Waals surface area (Å²) in [4.78, 5) is 27.7. The zero-order chi connectivity index (χ0) is 19.3. The van der Waals surface area contributed by atoms with Crippen molar-refractivity contribution in [1.29, 1.82) is 0 Å². The van der Waals surface area contributed by atoms with Gasteiger partial charge < -0.3 is 10.3 Å². The van der Waals surface area contributed by atoms with Crippen LogP contribution >= 0.6 is 0 Å². The maximum atomic E-state index is 12.4. The first-order valence-corrected chi connectivity index (χ1v) is 8.86. The van der Waals surface area contributed by atoms with Gasteiger partial charge in [0.1, 0.15) is 11.4 Å². The second kappa shape index (κ2) is 7.75. The number of rotatable bonds is 5. The lowest BCUT2D eigenvalue weighted by atomic mass is 10.0. The largest absolute Gasteiger partial charge is 0.348 e. The van der Waals surface area contributed by atoms with Crippen LogP contribution in [0.5, 0.6) is 0 Å². The first kappa shape index (κ1) is 17.5. The van der Waals surface area contributed by atoms with E-state index in [-0.39, 0.29) is 11.0 Å². The van der Waals surface area contributed by atoms with Crippen molar-refractivity contribution < 1.29 is 4.79 Å². The molecule has 0 aliphatic heterocycles. The van der Waals surface area contributed by atoms with Crippen LogP contribution < -0.4 is 10.7 Å². The van der Waals surface area contributed by atoms with E-state index in [2.05, 4.69) is 15.4 Å². The summed E-state index contributed by atoms with van der Waals surface area (Å²) in [6, 6.07) is 21.1. The molecule has 0 unspecified atom stereocenters. The summed E-state index contributed by atoms with van der Waals surface area (Å²) in [7, 11) is 0. The van der Waals surface area contributed by atoms with Crippen molar-refractivity contribution in [2.75, 3.05) is 0 Å². The second-order valence-electron chi connectivity index (χ2n) is 6.30. The maximum Gasteiger partial charge on any atom is 0.257 e. The van der Waals surface area contributed by atoms with Gasteiger partial charge in [0.05, 0.1) is 0 Å². The van der Waals surface area contributed by atoms with Gasteiger partial charge in [0.2, 0.25) is 0 Å². The van der Waals surface area contributed by atoms with Gasteiger partial charge in [0.25, 0.3) is 5.91 Å². The minimum atomic E-state index is -0.418. The molecule has 6 nitrogen and oxygen atoms in total. The zero-order valence-electron chi connectivity index (χ0n) is 15.0. The molecule has 0 bridgehead atoms. The highest BCUT2D eigenvalue weighted by Gasteiger charge is 2.11. The van der Waals surface area contributed by atoms with E-state index in [0.717, 1.165) is 16.7 Å². The zero-order valence-corrected chi connectivity index (χ0v) is 15.0. The van der Waals surface area contributed by atoms with Crippen LogP contribution in [0.15, 0.2) is 90.1 Å². The standard InChI is InChI=1S/C22H18N4O2/c27-20-13-21(26-11-5-10-25-26)23-15-19(20)22(28)24-14-16-6-4-9-18(12-16)17-7-2-1-3-8-17/h1-13,15H,14H2,(H,23,27)(H,24,28). The van der Waals surface area contributed by atoms with Gasteiger partial charge in [0.15, 0.2) is 5.43 Å². The van der Waals surface area contributed by atoms with Crippen LogP contribution in [0.25, 0.3) is 16.9 Å². The molecule has 2 heterocycles. The minimum absolute atomic E-state index is 0.0649. The van der Waals surface area contributed by atoms with Crippen molar-refractivity contribution in [3.8, 4) is 16.9 Å². The summed E-state index contributed by atoms with van der Waals surface area (Å²) < 4.78 is 1.53. The molecule has 0 aliphatic carbocycles. The Labute approximate surface area is 161 Å². The van der Waals surface area contributed by atoms with E-state index in [1.54, 1.807) is 18.5 Å². The van der Waals surface area contributed by atoms with Crippen LogP contribution in [0.4, 0.5) is 0 Å². The number of nitrogens with one attached hydrogen (secondary N) is 2. The number of carbonyl (C=O) groups excluding carboxylic acids is 1. The fraction of sp³-hybridized carbons (Fsp3) is 0.0455. The first-order chi connectivity index (χ1) is 13.7. The van der Waals surface area contributed by atoms with Crippen molar-refractivity contribution in [3.05, 3.63) is 107 Å². The predicted molar refractivity (Wildman–Crippen MR) is 107 cm³/mol. The highest BCUT2D eigenvalue weighted by Crippen LogP contribution is 2.19. The predicted octanol–water partition coefficient (Wildman–Crippen LogP) is 3.16. The molecule has 0 saturated heterocycles. The van der Waals surface area contributed by atoms with E-state index in [9.17, 15) is 9.59 Å². The van der Waals surface area contributed by atoms with Gasteiger partial charge in [-0.1, -0.05) is 48.5 Å². The van der Waals surface area contributed by atoms with Crippen LogP contribution in [0.1, 0.15) is 15.9 Å². The molecule has 28 heavy (non-hydrogen) atoms. The molecule has 0 aliphatic rings. The summed E-state index contributed by atoms with van der Waals surface area (Å²) in [6.45, 7) is 0.333. The van der Waals surface area contributed by atoms with Gasteiger partial charge in [-0.05, 0) is 28.8 Å². The number of aromatic amines is 1. The molecule has 138 valence electrons. The lowest BCUT2D eigenvalue weighted by Crippen LogP contribution is -2.28. The lowest BCUT2D eigenvalue weighted by Gasteiger charge is -2.08. The topological polar surface area (TPSA) is 79.8 Å². The number of H-pyrrole nitrogens is 1. The van der Waals surface area contributed by atoms with Crippen molar-refractivity contribution in [1.82, 2.24) is 20.1 Å². The Bertz CT molecular complexity index is 1150. The van der Waals surface area contributed by atoms with Crippen molar-refractivity contribution in [3.63, 3.8) is 0 Å². The number of hydrogen-bond donors (Lipinski definition) is 2. The summed E-state index contributed by atoms with van der Waals surface area (Å²) in [5.41, 5.74) is 2.85. The fourth-order valence-corrected chi connectivity index (χ4v) is 2.95. The fourth-order valence-electron chi connectivity index (χ4n) is 2.95. The average Bonchev–Trinajstić information content (AvgIpc) is 3.28. The summed E-state index contributed by atoms with van der Waals surface area (Å²) >= 11 is 0. The van der Waals surface area contributed by atoms with Crippen molar-refractivity contribution >= 4 is 5.91 Å². The third-order valence-electron chi connectivity index (χ3n) is 4.38. The number of hydrogen-bond acceptors (Lipinski definition) is 3. The van der Waals surface area contributed by atoms with Crippen LogP contribution in [-0.4, -0.2) is 20.7 Å². The van der Waals surface area contributed by atoms with Gasteiger partial charge >= 0.3 is 0 Å². The van der Waals surface area contributed by atoms with E-state index in [1.165, 1.54) is 16.9 Å². The van der Waals surface area contributed by atoms with Crippen LogP contribution in [0.2, 0.25) is 0 Å². The molecule has 0 radical (unpaired) electrons. The first-order valence-electron chi connectivity index (χ1n) is 8.86. The molecule has 1 amide bonds. The van der Waals surface area contributed by atoms with E-state index >= 15 is 0 Å². The molecular formula is C22H18N4O2. The lowest BCUT2D eigenvalue weighted by molar-refractivity contribution is 0.0949. The number of amides is 1. The molecule has 4 rings (SSSR count). The van der Waals surface area contributed by atoms with Crippen LogP contribution in [0.3, 0.4) is 0 Å². The molecule has 4 aromatic rings. The van der Waals surface area contributed by atoms with Crippen LogP contribution in [-0.2, 0) is 6.54 Å². The smallest absolute Gasteiger partial charge is 0.257 e. The minimum Gasteiger partial charge on any atom is -0.348 e. The number of benzene rings is 2. The summed E-state index contributed by atoms with van der Waals surface area (Å²) in [5, 5.41) is 6.86. The molecular weight excluding hydrogens is 352 g/mol.